The van der Waals surface area contributed by atoms with Gasteiger partial charge in [-0.1, -0.05) is 152 Å². The van der Waals surface area contributed by atoms with Crippen molar-refractivity contribution in [2.24, 2.45) is 0 Å². The van der Waals surface area contributed by atoms with Gasteiger partial charge in [-0.2, -0.15) is 0 Å². The average Bonchev–Trinajstić information content (AvgIpc) is 3.07. The normalized spacial score (nSPS) is 13.0. The first kappa shape index (κ1) is 47.0. The molecule has 0 aromatic rings. The summed E-state index contributed by atoms with van der Waals surface area (Å²) >= 11 is 0. The van der Waals surface area contributed by atoms with Gasteiger partial charge in [0.15, 0.2) is 6.10 Å². The van der Waals surface area contributed by atoms with Crippen LogP contribution in [0.15, 0.2) is 48.6 Å². The van der Waals surface area contributed by atoms with Gasteiger partial charge in [0.05, 0.1) is 6.61 Å². The van der Waals surface area contributed by atoms with Crippen LogP contribution in [0.5, 0.6) is 0 Å². The zero-order valence-corrected chi connectivity index (χ0v) is 32.0. The first-order chi connectivity index (χ1) is 23.8. The molecule has 0 heterocycles. The molecule has 0 aromatic carbocycles. The third-order valence-electron chi connectivity index (χ3n) is 8.10. The van der Waals surface area contributed by atoms with E-state index < -0.39 is 32.5 Å². The molecule has 0 fully saturated rings. The molecular formula is C40H71O8P. The third kappa shape index (κ3) is 38.7. The van der Waals surface area contributed by atoms with Crippen LogP contribution in [0.2, 0.25) is 0 Å². The Kier molecular flexibility index (Phi) is 34.4. The molecule has 0 saturated carbocycles. The molecule has 2 N–H and O–H groups in total. The number of unbranched alkanes of at least 4 members (excludes halogenated alkanes) is 17. The summed E-state index contributed by atoms with van der Waals surface area (Å²) < 4.78 is 26.3. The standard InChI is InChI=1S/C40H71O8P/c1-3-5-7-9-11-13-15-17-18-19-20-21-22-23-25-27-29-31-33-35-40(42)48-38(37-47-49(43,44)45)36-46-39(41)34-32-30-28-26-24-16-14-12-10-8-6-4-2/h11,13,17-18,20-21,23,25,38H,3-10,12,14-16,19,22,24,26-37H2,1-2H3,(H2,43,44,45)/b13-11+,18-17+,21-20+,25-23+/t38-/m1/s1. The molecule has 0 aliphatic carbocycles. The molecule has 0 unspecified atom stereocenters. The van der Waals surface area contributed by atoms with Gasteiger partial charge in [-0.15, -0.1) is 0 Å². The number of ether oxygens (including phenoxy) is 2. The highest BCUT2D eigenvalue weighted by molar-refractivity contribution is 7.46. The lowest BCUT2D eigenvalue weighted by molar-refractivity contribution is -0.161. The first-order valence-corrected chi connectivity index (χ1v) is 21.0. The summed E-state index contributed by atoms with van der Waals surface area (Å²) in [4.78, 5) is 42.7. The fourth-order valence-corrected chi connectivity index (χ4v) is 5.54. The van der Waals surface area contributed by atoms with E-state index in [9.17, 15) is 14.2 Å². The van der Waals surface area contributed by atoms with E-state index in [0.717, 1.165) is 57.8 Å². The second kappa shape index (κ2) is 35.8. The van der Waals surface area contributed by atoms with E-state index in [4.69, 9.17) is 19.3 Å². The van der Waals surface area contributed by atoms with E-state index >= 15 is 0 Å². The summed E-state index contributed by atoms with van der Waals surface area (Å²) in [5, 5.41) is 0. The second-order valence-corrected chi connectivity index (χ2v) is 14.1. The van der Waals surface area contributed by atoms with Gasteiger partial charge in [0.25, 0.3) is 0 Å². The molecule has 0 spiro atoms. The number of hydrogen-bond acceptors (Lipinski definition) is 6. The minimum absolute atomic E-state index is 0.174. The van der Waals surface area contributed by atoms with E-state index in [-0.39, 0.29) is 19.4 Å². The SMILES string of the molecule is CCCCC/C=C/C/C=C/C/C=C/C/C=C/CCCCCC(=O)O[C@H](COC(=O)CCCCCCCCCCCCCC)COP(=O)(O)O. The van der Waals surface area contributed by atoms with Crippen LogP contribution in [-0.2, 0) is 28.2 Å². The van der Waals surface area contributed by atoms with Crippen LogP contribution in [-0.4, -0.2) is 41.0 Å². The molecule has 0 saturated heterocycles. The number of hydrogen-bond donors (Lipinski definition) is 2. The lowest BCUT2D eigenvalue weighted by Gasteiger charge is -2.18. The highest BCUT2D eigenvalue weighted by atomic mass is 31.2. The molecule has 0 rings (SSSR count). The maximum Gasteiger partial charge on any atom is 0.469 e. The van der Waals surface area contributed by atoms with Crippen molar-refractivity contribution < 1.29 is 37.9 Å². The number of phosphoric acid groups is 1. The fraction of sp³-hybridized carbons (Fsp3) is 0.750. The van der Waals surface area contributed by atoms with Crippen molar-refractivity contribution >= 4 is 19.8 Å². The Labute approximate surface area is 299 Å². The Morgan fingerprint density at radius 2 is 0.918 bits per heavy atom. The van der Waals surface area contributed by atoms with Crippen molar-refractivity contribution in [3.63, 3.8) is 0 Å². The highest BCUT2D eigenvalue weighted by Gasteiger charge is 2.22. The number of rotatable bonds is 35. The van der Waals surface area contributed by atoms with Gasteiger partial charge in [-0.05, 0) is 57.8 Å². The topological polar surface area (TPSA) is 119 Å². The summed E-state index contributed by atoms with van der Waals surface area (Å²) in [6, 6.07) is 0. The molecule has 0 radical (unpaired) electrons. The molecule has 0 aromatic heterocycles. The number of carbonyl (C=O) groups excluding carboxylic acids is 2. The Morgan fingerprint density at radius 1 is 0.531 bits per heavy atom. The van der Waals surface area contributed by atoms with Gasteiger partial charge in [-0.3, -0.25) is 14.1 Å². The molecule has 8 nitrogen and oxygen atoms in total. The number of carbonyl (C=O) groups is 2. The predicted molar refractivity (Wildman–Crippen MR) is 202 cm³/mol. The first-order valence-electron chi connectivity index (χ1n) is 19.4. The fourth-order valence-electron chi connectivity index (χ4n) is 5.18. The quantitative estimate of drug-likeness (QED) is 0.0289. The molecular weight excluding hydrogens is 639 g/mol. The Balaban J connectivity index is 4.03. The zero-order chi connectivity index (χ0) is 36.1. The van der Waals surface area contributed by atoms with Gasteiger partial charge in [-0.25, -0.2) is 4.57 Å². The van der Waals surface area contributed by atoms with Gasteiger partial charge in [0, 0.05) is 12.8 Å². The van der Waals surface area contributed by atoms with Crippen LogP contribution in [0.3, 0.4) is 0 Å². The van der Waals surface area contributed by atoms with Crippen molar-refractivity contribution in [1.82, 2.24) is 0 Å². The predicted octanol–water partition coefficient (Wildman–Crippen LogP) is 11.6. The monoisotopic (exact) mass is 710 g/mol. The van der Waals surface area contributed by atoms with Crippen LogP contribution >= 0.6 is 7.82 Å². The summed E-state index contributed by atoms with van der Waals surface area (Å²) in [7, 11) is -4.76. The molecule has 0 aliphatic rings. The van der Waals surface area contributed by atoms with Crippen LogP contribution in [0.4, 0.5) is 0 Å². The summed E-state index contributed by atoms with van der Waals surface area (Å²) in [6.07, 6.45) is 42.6. The number of allylic oxidation sites excluding steroid dienone is 8. The van der Waals surface area contributed by atoms with Crippen LogP contribution in [0.25, 0.3) is 0 Å². The van der Waals surface area contributed by atoms with Crippen molar-refractivity contribution in [3.05, 3.63) is 48.6 Å². The molecule has 9 heteroatoms. The van der Waals surface area contributed by atoms with E-state index in [2.05, 4.69) is 67.0 Å². The molecule has 0 bridgehead atoms. The maximum atomic E-state index is 12.4. The van der Waals surface area contributed by atoms with E-state index in [1.165, 1.54) is 83.5 Å². The smallest absolute Gasteiger partial charge is 0.462 e. The minimum atomic E-state index is -4.76. The van der Waals surface area contributed by atoms with Gasteiger partial charge < -0.3 is 19.3 Å². The van der Waals surface area contributed by atoms with E-state index in [1.807, 2.05) is 0 Å². The minimum Gasteiger partial charge on any atom is -0.462 e. The van der Waals surface area contributed by atoms with Crippen molar-refractivity contribution in [1.29, 1.82) is 0 Å². The number of esters is 2. The zero-order valence-electron chi connectivity index (χ0n) is 31.1. The molecule has 284 valence electrons. The summed E-state index contributed by atoms with van der Waals surface area (Å²) in [5.74, 6) is -0.921. The van der Waals surface area contributed by atoms with Crippen LogP contribution in [0.1, 0.15) is 174 Å². The lowest BCUT2D eigenvalue weighted by atomic mass is 10.0. The van der Waals surface area contributed by atoms with Crippen molar-refractivity contribution in [2.75, 3.05) is 13.2 Å². The van der Waals surface area contributed by atoms with Crippen LogP contribution < -0.4 is 0 Å². The summed E-state index contributed by atoms with van der Waals surface area (Å²) in [6.45, 7) is 3.62. The molecule has 1 atom stereocenters. The largest absolute Gasteiger partial charge is 0.469 e. The Morgan fingerprint density at radius 3 is 1.41 bits per heavy atom. The summed E-state index contributed by atoms with van der Waals surface area (Å²) in [5.41, 5.74) is 0. The van der Waals surface area contributed by atoms with Gasteiger partial charge >= 0.3 is 19.8 Å². The van der Waals surface area contributed by atoms with Crippen molar-refractivity contribution in [3.8, 4) is 0 Å². The Bertz CT molecular complexity index is 937. The van der Waals surface area contributed by atoms with Gasteiger partial charge in [0.2, 0.25) is 0 Å². The second-order valence-electron chi connectivity index (χ2n) is 12.9. The van der Waals surface area contributed by atoms with Gasteiger partial charge in [0.1, 0.15) is 6.61 Å². The van der Waals surface area contributed by atoms with E-state index in [1.54, 1.807) is 0 Å². The third-order valence-corrected chi connectivity index (χ3v) is 8.59. The Hall–Kier alpha value is -1.99. The average molecular weight is 711 g/mol. The van der Waals surface area contributed by atoms with Crippen LogP contribution in [0, 0.1) is 0 Å². The molecule has 49 heavy (non-hydrogen) atoms. The number of phosphoric ester groups is 1. The lowest BCUT2D eigenvalue weighted by Crippen LogP contribution is -2.29. The maximum absolute atomic E-state index is 12.4. The molecule has 0 amide bonds. The molecule has 0 aliphatic heterocycles. The highest BCUT2D eigenvalue weighted by Crippen LogP contribution is 2.36. The van der Waals surface area contributed by atoms with E-state index in [0.29, 0.717) is 6.42 Å². The van der Waals surface area contributed by atoms with Crippen molar-refractivity contribution in [2.45, 2.75) is 180 Å².